The Morgan fingerprint density at radius 3 is 2.25 bits per heavy atom. The van der Waals surface area contributed by atoms with Crippen LogP contribution in [0.2, 0.25) is 0 Å². The van der Waals surface area contributed by atoms with E-state index in [1.807, 2.05) is 0 Å². The predicted octanol–water partition coefficient (Wildman–Crippen LogP) is 2.07. The molecule has 1 unspecified atom stereocenters. The predicted molar refractivity (Wildman–Crippen MR) is 59.0 cm³/mol. The van der Waals surface area contributed by atoms with Gasteiger partial charge in [0, 0.05) is 5.57 Å². The average Bonchev–Trinajstić information content (AvgIpc) is 2.15. The Balaban J connectivity index is 3.20. The third-order valence-corrected chi connectivity index (χ3v) is 3.14. The van der Waals surface area contributed by atoms with Gasteiger partial charge in [0.2, 0.25) is 0 Å². The SMILES string of the molecule is CC(C)(C)C1(C(=O)O)C=CC=C(C(=O)O)C1. The molecule has 16 heavy (non-hydrogen) atoms. The van der Waals surface area contributed by atoms with Crippen LogP contribution in [0.25, 0.3) is 0 Å². The molecule has 0 radical (unpaired) electrons. The number of carboxylic acids is 2. The quantitative estimate of drug-likeness (QED) is 0.753. The van der Waals surface area contributed by atoms with Crippen molar-refractivity contribution in [2.75, 3.05) is 0 Å². The molecule has 0 amide bonds. The second-order valence-electron chi connectivity index (χ2n) is 5.06. The lowest BCUT2D eigenvalue weighted by Gasteiger charge is -2.40. The van der Waals surface area contributed by atoms with Crippen LogP contribution in [0.3, 0.4) is 0 Å². The largest absolute Gasteiger partial charge is 0.481 e. The Kier molecular flexibility index (Phi) is 2.95. The highest BCUT2D eigenvalue weighted by Crippen LogP contribution is 2.46. The van der Waals surface area contributed by atoms with Gasteiger partial charge in [-0.05, 0) is 11.8 Å². The van der Waals surface area contributed by atoms with Gasteiger partial charge in [0.15, 0.2) is 0 Å². The normalized spacial score (nSPS) is 25.1. The summed E-state index contributed by atoms with van der Waals surface area (Å²) in [5.41, 5.74) is -1.54. The summed E-state index contributed by atoms with van der Waals surface area (Å²) in [6, 6.07) is 0. The molecule has 1 atom stereocenters. The number of hydrogen-bond acceptors (Lipinski definition) is 2. The smallest absolute Gasteiger partial charge is 0.331 e. The van der Waals surface area contributed by atoms with E-state index in [0.29, 0.717) is 0 Å². The molecule has 0 saturated carbocycles. The Hall–Kier alpha value is -1.58. The first-order valence-electron chi connectivity index (χ1n) is 5.06. The summed E-state index contributed by atoms with van der Waals surface area (Å²) >= 11 is 0. The summed E-state index contributed by atoms with van der Waals surface area (Å²) < 4.78 is 0. The van der Waals surface area contributed by atoms with Crippen molar-refractivity contribution in [3.05, 3.63) is 23.8 Å². The van der Waals surface area contributed by atoms with E-state index in [9.17, 15) is 14.7 Å². The van der Waals surface area contributed by atoms with E-state index >= 15 is 0 Å². The van der Waals surface area contributed by atoms with Crippen LogP contribution in [-0.4, -0.2) is 22.2 Å². The molecule has 0 spiro atoms. The van der Waals surface area contributed by atoms with Crippen molar-refractivity contribution in [3.8, 4) is 0 Å². The summed E-state index contributed by atoms with van der Waals surface area (Å²) in [7, 11) is 0. The van der Waals surface area contributed by atoms with E-state index in [2.05, 4.69) is 0 Å². The molecule has 1 aliphatic carbocycles. The van der Waals surface area contributed by atoms with Crippen LogP contribution in [0, 0.1) is 10.8 Å². The fourth-order valence-electron chi connectivity index (χ4n) is 1.88. The molecule has 0 aromatic heterocycles. The second kappa shape index (κ2) is 3.77. The van der Waals surface area contributed by atoms with Gasteiger partial charge in [-0.15, -0.1) is 0 Å². The maximum atomic E-state index is 11.4. The van der Waals surface area contributed by atoms with Crippen LogP contribution in [0.15, 0.2) is 23.8 Å². The highest BCUT2D eigenvalue weighted by atomic mass is 16.4. The lowest BCUT2D eigenvalue weighted by molar-refractivity contribution is -0.152. The molecular weight excluding hydrogens is 208 g/mol. The first kappa shape index (κ1) is 12.5. The molecule has 4 heteroatoms. The van der Waals surface area contributed by atoms with Gasteiger partial charge in [-0.3, -0.25) is 4.79 Å². The fourth-order valence-corrected chi connectivity index (χ4v) is 1.88. The maximum absolute atomic E-state index is 11.4. The van der Waals surface area contributed by atoms with Crippen LogP contribution in [0.4, 0.5) is 0 Å². The highest BCUT2D eigenvalue weighted by molar-refractivity contribution is 5.90. The zero-order chi connectivity index (χ0) is 12.6. The number of rotatable bonds is 2. The van der Waals surface area contributed by atoms with Gasteiger partial charge < -0.3 is 10.2 Å². The molecular formula is C12H16O4. The van der Waals surface area contributed by atoms with E-state index in [1.165, 1.54) is 12.2 Å². The summed E-state index contributed by atoms with van der Waals surface area (Å²) in [6.45, 7) is 5.41. The van der Waals surface area contributed by atoms with Crippen molar-refractivity contribution in [1.82, 2.24) is 0 Å². The first-order valence-corrected chi connectivity index (χ1v) is 5.06. The molecule has 0 aliphatic heterocycles. The van der Waals surface area contributed by atoms with Crippen LogP contribution in [0.5, 0.6) is 0 Å². The summed E-state index contributed by atoms with van der Waals surface area (Å²) in [6.07, 6.45) is 4.58. The standard InChI is InChI=1S/C12H16O4/c1-11(2,3)12(10(15)16)6-4-5-8(7-12)9(13)14/h4-6H,7H2,1-3H3,(H,13,14)(H,15,16). The van der Waals surface area contributed by atoms with Crippen LogP contribution in [-0.2, 0) is 9.59 Å². The highest BCUT2D eigenvalue weighted by Gasteiger charge is 2.48. The third-order valence-electron chi connectivity index (χ3n) is 3.14. The van der Waals surface area contributed by atoms with Crippen molar-refractivity contribution in [2.45, 2.75) is 27.2 Å². The van der Waals surface area contributed by atoms with Crippen molar-refractivity contribution < 1.29 is 19.8 Å². The molecule has 0 aromatic carbocycles. The number of allylic oxidation sites excluding steroid dienone is 2. The molecule has 1 aliphatic rings. The van der Waals surface area contributed by atoms with Gasteiger partial charge in [-0.25, -0.2) is 4.79 Å². The lowest BCUT2D eigenvalue weighted by Crippen LogP contribution is -2.43. The molecule has 0 aromatic rings. The van der Waals surface area contributed by atoms with E-state index in [-0.39, 0.29) is 12.0 Å². The van der Waals surface area contributed by atoms with Gasteiger partial charge >= 0.3 is 11.9 Å². The van der Waals surface area contributed by atoms with Crippen LogP contribution >= 0.6 is 0 Å². The van der Waals surface area contributed by atoms with Gasteiger partial charge in [0.1, 0.15) is 0 Å². The zero-order valence-corrected chi connectivity index (χ0v) is 9.65. The van der Waals surface area contributed by atoms with Gasteiger partial charge in [-0.2, -0.15) is 0 Å². The monoisotopic (exact) mass is 224 g/mol. The van der Waals surface area contributed by atoms with Gasteiger partial charge in [-0.1, -0.05) is 39.0 Å². The zero-order valence-electron chi connectivity index (χ0n) is 9.65. The summed E-state index contributed by atoms with van der Waals surface area (Å²) in [4.78, 5) is 22.3. The minimum Gasteiger partial charge on any atom is -0.481 e. The van der Waals surface area contributed by atoms with Crippen molar-refractivity contribution in [2.24, 2.45) is 10.8 Å². The van der Waals surface area contributed by atoms with E-state index in [4.69, 9.17) is 5.11 Å². The number of hydrogen-bond donors (Lipinski definition) is 2. The summed E-state index contributed by atoms with van der Waals surface area (Å²) in [5, 5.41) is 18.3. The molecule has 1 rings (SSSR count). The van der Waals surface area contributed by atoms with Crippen LogP contribution < -0.4 is 0 Å². The molecule has 0 fully saturated rings. The molecule has 0 heterocycles. The topological polar surface area (TPSA) is 74.6 Å². The number of carbonyl (C=O) groups is 2. The van der Waals surface area contributed by atoms with E-state index in [0.717, 1.165) is 0 Å². The van der Waals surface area contributed by atoms with Gasteiger partial charge in [0.05, 0.1) is 5.41 Å². The van der Waals surface area contributed by atoms with Crippen molar-refractivity contribution >= 4 is 11.9 Å². The van der Waals surface area contributed by atoms with Crippen molar-refractivity contribution in [1.29, 1.82) is 0 Å². The fraction of sp³-hybridized carbons (Fsp3) is 0.500. The first-order chi connectivity index (χ1) is 7.21. The number of aliphatic carboxylic acids is 2. The minimum absolute atomic E-state index is 0.0255. The van der Waals surface area contributed by atoms with E-state index in [1.54, 1.807) is 26.8 Å². The lowest BCUT2D eigenvalue weighted by atomic mass is 9.62. The Morgan fingerprint density at radius 1 is 1.31 bits per heavy atom. The Bertz CT molecular complexity index is 384. The molecule has 0 saturated heterocycles. The maximum Gasteiger partial charge on any atom is 0.331 e. The van der Waals surface area contributed by atoms with E-state index < -0.39 is 22.8 Å². The average molecular weight is 224 g/mol. The Morgan fingerprint density at radius 2 is 1.88 bits per heavy atom. The van der Waals surface area contributed by atoms with Gasteiger partial charge in [0.25, 0.3) is 0 Å². The van der Waals surface area contributed by atoms with Crippen LogP contribution in [0.1, 0.15) is 27.2 Å². The number of carboxylic acid groups (broad SMARTS) is 2. The molecule has 88 valence electrons. The molecule has 2 N–H and O–H groups in total. The molecule has 4 nitrogen and oxygen atoms in total. The summed E-state index contributed by atoms with van der Waals surface area (Å²) in [5.74, 6) is -2.04. The third kappa shape index (κ3) is 1.87. The Labute approximate surface area is 94.3 Å². The minimum atomic E-state index is -1.14. The van der Waals surface area contributed by atoms with Crippen molar-refractivity contribution in [3.63, 3.8) is 0 Å². The second-order valence-corrected chi connectivity index (χ2v) is 5.06. The molecule has 0 bridgehead atoms.